The van der Waals surface area contributed by atoms with Crippen LogP contribution in [-0.2, 0) is 4.74 Å². The number of likely N-dealkylation sites (tertiary alicyclic amines) is 1. The quantitative estimate of drug-likeness (QED) is 0.787. The van der Waals surface area contributed by atoms with Gasteiger partial charge in [0.15, 0.2) is 0 Å². The molecule has 2 nitrogen and oxygen atoms in total. The third kappa shape index (κ3) is 3.64. The van der Waals surface area contributed by atoms with E-state index in [1.165, 1.54) is 58.0 Å². The molecule has 1 atom stereocenters. The van der Waals surface area contributed by atoms with Gasteiger partial charge >= 0.3 is 0 Å². The summed E-state index contributed by atoms with van der Waals surface area (Å²) >= 11 is 4.65. The van der Waals surface area contributed by atoms with Crippen LogP contribution >= 0.6 is 12.6 Å². The molecule has 2 rings (SSSR count). The highest BCUT2D eigenvalue weighted by Gasteiger charge is 2.35. The molecule has 0 bridgehead atoms. The van der Waals surface area contributed by atoms with Gasteiger partial charge in [0.05, 0.1) is 0 Å². The number of nitrogens with zero attached hydrogens (tertiary/aromatic N) is 1. The summed E-state index contributed by atoms with van der Waals surface area (Å²) in [4.78, 5) is 2.77. The molecule has 0 aliphatic carbocycles. The van der Waals surface area contributed by atoms with E-state index in [1.54, 1.807) is 0 Å². The molecule has 106 valence electrons. The number of ether oxygens (including phenoxy) is 1. The second-order valence-corrected chi connectivity index (χ2v) is 6.47. The molecule has 0 aromatic heterocycles. The highest BCUT2D eigenvalue weighted by atomic mass is 32.1. The van der Waals surface area contributed by atoms with Crippen molar-refractivity contribution in [3.63, 3.8) is 0 Å². The lowest BCUT2D eigenvalue weighted by Crippen LogP contribution is -2.46. The highest BCUT2D eigenvalue weighted by molar-refractivity contribution is 7.80. The molecule has 0 spiro atoms. The maximum Gasteiger partial charge on any atom is 0.0472 e. The Morgan fingerprint density at radius 1 is 1.22 bits per heavy atom. The first-order valence-electron chi connectivity index (χ1n) is 7.72. The summed E-state index contributed by atoms with van der Waals surface area (Å²) in [7, 11) is 0. The average Bonchev–Trinajstić information content (AvgIpc) is 2.65. The second-order valence-electron chi connectivity index (χ2n) is 6.15. The summed E-state index contributed by atoms with van der Waals surface area (Å²) in [5.41, 5.74) is 0.416. The minimum Gasteiger partial charge on any atom is -0.381 e. The average molecular weight is 271 g/mol. The summed E-state index contributed by atoms with van der Waals surface area (Å²) in [6, 6.07) is 0.812. The van der Waals surface area contributed by atoms with Crippen molar-refractivity contribution in [1.82, 2.24) is 4.90 Å². The summed E-state index contributed by atoms with van der Waals surface area (Å²) in [6.07, 6.45) is 9.33. The zero-order valence-electron chi connectivity index (χ0n) is 11.9. The van der Waals surface area contributed by atoms with E-state index < -0.39 is 0 Å². The molecule has 2 fully saturated rings. The van der Waals surface area contributed by atoms with Gasteiger partial charge in [-0.2, -0.15) is 12.6 Å². The van der Waals surface area contributed by atoms with Crippen LogP contribution in [0.1, 0.15) is 51.9 Å². The van der Waals surface area contributed by atoms with E-state index in [4.69, 9.17) is 4.74 Å². The lowest BCUT2D eigenvalue weighted by atomic mass is 9.81. The molecule has 0 N–H and O–H groups in total. The maximum atomic E-state index is 5.54. The van der Waals surface area contributed by atoms with Crippen LogP contribution in [0.15, 0.2) is 0 Å². The molecule has 0 amide bonds. The standard InChI is InChI=1S/C15H29NOS/c1-2-14-6-4-3-5-9-16(14)12-15(13-18)7-10-17-11-8-15/h14,18H,2-13H2,1H3. The summed E-state index contributed by atoms with van der Waals surface area (Å²) in [6.45, 7) is 6.77. The van der Waals surface area contributed by atoms with E-state index in [9.17, 15) is 0 Å². The van der Waals surface area contributed by atoms with Crippen LogP contribution < -0.4 is 0 Å². The molecule has 2 aliphatic rings. The third-order valence-electron chi connectivity index (χ3n) is 4.90. The predicted molar refractivity (Wildman–Crippen MR) is 80.5 cm³/mol. The molecule has 3 heteroatoms. The molecule has 2 saturated heterocycles. The summed E-state index contributed by atoms with van der Waals surface area (Å²) in [5, 5.41) is 0. The first-order valence-corrected chi connectivity index (χ1v) is 8.35. The predicted octanol–water partition coefficient (Wildman–Crippen LogP) is 3.37. The number of thiol groups is 1. The maximum absolute atomic E-state index is 5.54. The van der Waals surface area contributed by atoms with Gasteiger partial charge in [-0.1, -0.05) is 19.8 Å². The Balaban J connectivity index is 1.99. The zero-order valence-corrected chi connectivity index (χ0v) is 12.8. The number of hydrogen-bond acceptors (Lipinski definition) is 3. The SMILES string of the molecule is CCC1CCCCCN1CC1(CS)CCOCC1. The minimum atomic E-state index is 0.416. The van der Waals surface area contributed by atoms with Crippen LogP contribution in [0.2, 0.25) is 0 Å². The smallest absolute Gasteiger partial charge is 0.0472 e. The fourth-order valence-corrected chi connectivity index (χ4v) is 3.92. The second kappa shape index (κ2) is 7.16. The van der Waals surface area contributed by atoms with E-state index in [2.05, 4.69) is 24.5 Å². The fraction of sp³-hybridized carbons (Fsp3) is 1.00. The normalized spacial score (nSPS) is 30.0. The van der Waals surface area contributed by atoms with Gasteiger partial charge in [-0.3, -0.25) is 4.90 Å². The lowest BCUT2D eigenvalue weighted by Gasteiger charge is -2.42. The van der Waals surface area contributed by atoms with Crippen molar-refractivity contribution in [2.45, 2.75) is 57.9 Å². The zero-order chi connectivity index (χ0) is 12.8. The number of rotatable bonds is 4. The first-order chi connectivity index (χ1) is 8.79. The van der Waals surface area contributed by atoms with Gasteiger partial charge < -0.3 is 4.74 Å². The Morgan fingerprint density at radius 2 is 2.00 bits per heavy atom. The number of hydrogen-bond donors (Lipinski definition) is 1. The lowest BCUT2D eigenvalue weighted by molar-refractivity contribution is 0.0000663. The van der Waals surface area contributed by atoms with Crippen molar-refractivity contribution in [3.8, 4) is 0 Å². The van der Waals surface area contributed by atoms with Crippen molar-refractivity contribution >= 4 is 12.6 Å². The Kier molecular flexibility index (Phi) is 5.84. The van der Waals surface area contributed by atoms with Gasteiger partial charge in [-0.15, -0.1) is 0 Å². The van der Waals surface area contributed by atoms with E-state index >= 15 is 0 Å². The van der Waals surface area contributed by atoms with Crippen LogP contribution in [0.4, 0.5) is 0 Å². The first kappa shape index (κ1) is 14.7. The Bertz CT molecular complexity index is 241. The Hall–Kier alpha value is 0.270. The van der Waals surface area contributed by atoms with E-state index in [1.807, 2.05) is 0 Å². The van der Waals surface area contributed by atoms with Crippen molar-refractivity contribution in [3.05, 3.63) is 0 Å². The molecule has 0 aromatic rings. The molecular formula is C15H29NOS. The summed E-state index contributed by atoms with van der Waals surface area (Å²) < 4.78 is 5.54. The van der Waals surface area contributed by atoms with Gasteiger partial charge in [0.2, 0.25) is 0 Å². The Morgan fingerprint density at radius 3 is 2.67 bits per heavy atom. The Labute approximate surface area is 118 Å². The van der Waals surface area contributed by atoms with Crippen molar-refractivity contribution < 1.29 is 4.74 Å². The third-order valence-corrected chi connectivity index (χ3v) is 5.57. The van der Waals surface area contributed by atoms with Gasteiger partial charge in [0.25, 0.3) is 0 Å². The van der Waals surface area contributed by atoms with Crippen LogP contribution in [0.5, 0.6) is 0 Å². The van der Waals surface area contributed by atoms with E-state index in [0.29, 0.717) is 5.41 Å². The van der Waals surface area contributed by atoms with E-state index in [-0.39, 0.29) is 0 Å². The van der Waals surface area contributed by atoms with Gasteiger partial charge in [-0.25, -0.2) is 0 Å². The van der Waals surface area contributed by atoms with Crippen molar-refractivity contribution in [2.75, 3.05) is 32.1 Å². The molecule has 2 heterocycles. The van der Waals surface area contributed by atoms with Crippen LogP contribution in [0.3, 0.4) is 0 Å². The van der Waals surface area contributed by atoms with E-state index in [0.717, 1.165) is 25.0 Å². The molecule has 1 unspecified atom stereocenters. The van der Waals surface area contributed by atoms with Crippen molar-refractivity contribution in [1.29, 1.82) is 0 Å². The topological polar surface area (TPSA) is 12.5 Å². The molecular weight excluding hydrogens is 242 g/mol. The monoisotopic (exact) mass is 271 g/mol. The highest BCUT2D eigenvalue weighted by Crippen LogP contribution is 2.34. The largest absolute Gasteiger partial charge is 0.381 e. The molecule has 2 aliphatic heterocycles. The summed E-state index contributed by atoms with van der Waals surface area (Å²) in [5.74, 6) is 1.02. The van der Waals surface area contributed by atoms with Gasteiger partial charge in [-0.05, 0) is 49.8 Å². The van der Waals surface area contributed by atoms with Gasteiger partial charge in [0, 0.05) is 25.8 Å². The van der Waals surface area contributed by atoms with Crippen molar-refractivity contribution in [2.24, 2.45) is 5.41 Å². The van der Waals surface area contributed by atoms with Crippen LogP contribution in [0.25, 0.3) is 0 Å². The minimum absolute atomic E-state index is 0.416. The molecule has 0 aromatic carbocycles. The fourth-order valence-electron chi connectivity index (χ4n) is 3.51. The van der Waals surface area contributed by atoms with Crippen LogP contribution in [0, 0.1) is 5.41 Å². The molecule has 18 heavy (non-hydrogen) atoms. The van der Waals surface area contributed by atoms with Crippen LogP contribution in [-0.4, -0.2) is 43.0 Å². The molecule has 0 radical (unpaired) electrons. The van der Waals surface area contributed by atoms with Gasteiger partial charge in [0.1, 0.15) is 0 Å². The molecule has 0 saturated carbocycles.